The van der Waals surface area contributed by atoms with Gasteiger partial charge in [0.1, 0.15) is 11.5 Å². The van der Waals surface area contributed by atoms with Crippen LogP contribution in [0.4, 0.5) is 0 Å². The minimum Gasteiger partial charge on any atom is -1.00 e. The van der Waals surface area contributed by atoms with Gasteiger partial charge in [-0.05, 0) is 42.0 Å². The maximum Gasteiger partial charge on any atom is 0.364 e. The summed E-state index contributed by atoms with van der Waals surface area (Å²) in [6, 6.07) is 15.7. The summed E-state index contributed by atoms with van der Waals surface area (Å²) in [5, 5.41) is 19.6. The van der Waals surface area contributed by atoms with Crippen molar-refractivity contribution in [3.05, 3.63) is 65.9 Å². The number of halogens is 1. The van der Waals surface area contributed by atoms with E-state index in [1.165, 1.54) is 0 Å². The normalized spacial score (nSPS) is 10.7. The van der Waals surface area contributed by atoms with Gasteiger partial charge in [0.15, 0.2) is 0 Å². The topological polar surface area (TPSA) is 51.8 Å². The second kappa shape index (κ2) is 6.29. The smallest absolute Gasteiger partial charge is 0.364 e. The van der Waals surface area contributed by atoms with E-state index in [0.29, 0.717) is 11.3 Å². The Labute approximate surface area is 128 Å². The first kappa shape index (κ1) is 14.9. The minimum absolute atomic E-state index is 0. The van der Waals surface area contributed by atoms with Gasteiger partial charge in [-0.15, -0.1) is 0 Å². The molecular formula is C17H13ClO3. The van der Waals surface area contributed by atoms with Gasteiger partial charge in [0, 0.05) is 12.1 Å². The summed E-state index contributed by atoms with van der Waals surface area (Å²) in [7, 11) is 0. The monoisotopic (exact) mass is 300 g/mol. The third-order valence-electron chi connectivity index (χ3n) is 2.99. The number of hydrogen-bond acceptors (Lipinski definition) is 2. The van der Waals surface area contributed by atoms with E-state index in [1.54, 1.807) is 24.3 Å². The highest BCUT2D eigenvalue weighted by Crippen LogP contribution is 2.22. The molecule has 0 radical (unpaired) electrons. The molecule has 4 heteroatoms. The highest BCUT2D eigenvalue weighted by atomic mass is 35.5. The molecular weight excluding hydrogens is 288 g/mol. The second-order valence-corrected chi connectivity index (χ2v) is 4.48. The van der Waals surface area contributed by atoms with Gasteiger partial charge in [-0.25, -0.2) is 4.42 Å². The second-order valence-electron chi connectivity index (χ2n) is 4.48. The zero-order valence-corrected chi connectivity index (χ0v) is 11.8. The van der Waals surface area contributed by atoms with E-state index in [9.17, 15) is 10.2 Å². The Kier molecular flexibility index (Phi) is 4.45. The lowest BCUT2D eigenvalue weighted by atomic mass is 10.2. The molecule has 2 aromatic carbocycles. The lowest BCUT2D eigenvalue weighted by Crippen LogP contribution is -3.00. The SMILES string of the molecule is Oc1ccc(C=Cc2ccc3ccc(O)cc3[o+]2)cc1.[Cl-]. The average Bonchev–Trinajstić information content (AvgIpc) is 2.46. The largest absolute Gasteiger partial charge is 1.00 e. The van der Waals surface area contributed by atoms with Crippen LogP contribution in [0.2, 0.25) is 0 Å². The van der Waals surface area contributed by atoms with E-state index in [0.717, 1.165) is 10.9 Å². The van der Waals surface area contributed by atoms with Gasteiger partial charge in [-0.2, -0.15) is 0 Å². The molecule has 0 aliphatic carbocycles. The molecule has 0 spiro atoms. The molecule has 0 fully saturated rings. The van der Waals surface area contributed by atoms with Gasteiger partial charge in [0.05, 0.1) is 11.5 Å². The number of aromatic hydroxyl groups is 2. The Morgan fingerprint density at radius 2 is 1.43 bits per heavy atom. The minimum atomic E-state index is 0. The van der Waals surface area contributed by atoms with Crippen molar-refractivity contribution in [1.29, 1.82) is 0 Å². The number of rotatable bonds is 2. The van der Waals surface area contributed by atoms with E-state index >= 15 is 0 Å². The van der Waals surface area contributed by atoms with Gasteiger partial charge in [-0.3, -0.25) is 0 Å². The molecule has 3 rings (SSSR count). The number of fused-ring (bicyclic) bond motifs is 1. The van der Waals surface area contributed by atoms with Crippen LogP contribution in [0.1, 0.15) is 11.3 Å². The molecule has 0 aliphatic heterocycles. The number of phenols is 2. The quantitative estimate of drug-likeness (QED) is 0.702. The number of phenolic OH excluding ortho intramolecular Hbond substituents is 2. The van der Waals surface area contributed by atoms with Crippen LogP contribution in [0.5, 0.6) is 11.5 Å². The van der Waals surface area contributed by atoms with E-state index in [4.69, 9.17) is 4.42 Å². The van der Waals surface area contributed by atoms with Crippen molar-refractivity contribution in [3.8, 4) is 11.5 Å². The molecule has 1 heterocycles. The van der Waals surface area contributed by atoms with Crippen LogP contribution >= 0.6 is 0 Å². The van der Waals surface area contributed by atoms with E-state index in [2.05, 4.69) is 0 Å². The summed E-state index contributed by atoms with van der Waals surface area (Å²) in [5.41, 5.74) is 1.60. The standard InChI is InChI=1S/C17H12O3.ClH/c18-14-6-1-12(2-7-14)3-9-16-10-5-13-4-8-15(19)11-17(13)20-16;/h1-11H,(H-,18,19);1H. The van der Waals surface area contributed by atoms with Gasteiger partial charge < -0.3 is 22.6 Å². The van der Waals surface area contributed by atoms with E-state index in [1.807, 2.05) is 42.5 Å². The summed E-state index contributed by atoms with van der Waals surface area (Å²) >= 11 is 0. The van der Waals surface area contributed by atoms with Gasteiger partial charge in [-0.1, -0.05) is 12.1 Å². The number of hydrogen-bond donors (Lipinski definition) is 2. The van der Waals surface area contributed by atoms with Crippen molar-refractivity contribution in [3.63, 3.8) is 0 Å². The molecule has 0 aliphatic rings. The third kappa shape index (κ3) is 3.52. The van der Waals surface area contributed by atoms with Gasteiger partial charge in [0.25, 0.3) is 0 Å². The Balaban J connectivity index is 0.00000161. The maximum atomic E-state index is 9.45. The molecule has 3 aromatic rings. The fraction of sp³-hybridized carbons (Fsp3) is 0. The van der Waals surface area contributed by atoms with Crippen LogP contribution < -0.4 is 12.4 Å². The Hall–Kier alpha value is -2.52. The highest BCUT2D eigenvalue weighted by molar-refractivity contribution is 5.79. The van der Waals surface area contributed by atoms with Crippen molar-refractivity contribution < 1.29 is 27.0 Å². The van der Waals surface area contributed by atoms with Crippen molar-refractivity contribution >= 4 is 23.1 Å². The molecule has 0 unspecified atom stereocenters. The Bertz CT molecular complexity index is 780. The molecule has 106 valence electrons. The molecule has 0 bridgehead atoms. The van der Waals surface area contributed by atoms with E-state index in [-0.39, 0.29) is 23.9 Å². The molecule has 1 aromatic heterocycles. The van der Waals surface area contributed by atoms with Crippen LogP contribution in [0, 0.1) is 0 Å². The van der Waals surface area contributed by atoms with Crippen molar-refractivity contribution in [2.24, 2.45) is 0 Å². The van der Waals surface area contributed by atoms with Crippen LogP contribution in [0.15, 0.2) is 59.0 Å². The predicted molar refractivity (Wildman–Crippen MR) is 79.3 cm³/mol. The van der Waals surface area contributed by atoms with E-state index < -0.39 is 0 Å². The van der Waals surface area contributed by atoms with Gasteiger partial charge >= 0.3 is 11.3 Å². The fourth-order valence-corrected chi connectivity index (χ4v) is 1.94. The summed E-state index contributed by atoms with van der Waals surface area (Å²) in [6.07, 6.45) is 3.74. The first-order valence-electron chi connectivity index (χ1n) is 6.24. The molecule has 3 nitrogen and oxygen atoms in total. The van der Waals surface area contributed by atoms with Crippen molar-refractivity contribution in [1.82, 2.24) is 0 Å². The highest BCUT2D eigenvalue weighted by Gasteiger charge is 2.09. The van der Waals surface area contributed by atoms with Gasteiger partial charge in [0.2, 0.25) is 0 Å². The zero-order chi connectivity index (χ0) is 13.9. The lowest BCUT2D eigenvalue weighted by Gasteiger charge is -1.93. The Morgan fingerprint density at radius 1 is 0.762 bits per heavy atom. The van der Waals surface area contributed by atoms with Crippen LogP contribution in [0.3, 0.4) is 0 Å². The fourth-order valence-electron chi connectivity index (χ4n) is 1.94. The Morgan fingerprint density at radius 3 is 2.19 bits per heavy atom. The maximum absolute atomic E-state index is 9.45. The summed E-state index contributed by atoms with van der Waals surface area (Å²) in [4.78, 5) is 0. The summed E-state index contributed by atoms with van der Waals surface area (Å²) in [5.74, 6) is 1.12. The van der Waals surface area contributed by atoms with Crippen LogP contribution in [0.25, 0.3) is 23.1 Å². The van der Waals surface area contributed by atoms with Crippen molar-refractivity contribution in [2.75, 3.05) is 0 Å². The van der Waals surface area contributed by atoms with Crippen LogP contribution in [-0.4, -0.2) is 10.2 Å². The van der Waals surface area contributed by atoms with Crippen LogP contribution in [-0.2, 0) is 0 Å². The summed E-state index contributed by atoms with van der Waals surface area (Å²) in [6.45, 7) is 0. The number of benzene rings is 2. The first-order chi connectivity index (χ1) is 9.70. The average molecular weight is 301 g/mol. The molecule has 2 N–H and O–H groups in total. The molecule has 0 atom stereocenters. The lowest BCUT2D eigenvalue weighted by molar-refractivity contribution is -0.00000649. The molecule has 21 heavy (non-hydrogen) atoms. The first-order valence-corrected chi connectivity index (χ1v) is 6.24. The zero-order valence-electron chi connectivity index (χ0n) is 11.0. The predicted octanol–water partition coefficient (Wildman–Crippen LogP) is 1.30. The summed E-state index contributed by atoms with van der Waals surface area (Å²) < 4.78 is 5.69. The third-order valence-corrected chi connectivity index (χ3v) is 2.99. The molecule has 0 amide bonds. The molecule has 0 saturated carbocycles. The molecule has 0 saturated heterocycles. The van der Waals surface area contributed by atoms with Crippen molar-refractivity contribution in [2.45, 2.75) is 0 Å².